The first-order valence-corrected chi connectivity index (χ1v) is 14.2. The first-order chi connectivity index (χ1) is 16.6. The van der Waals surface area contributed by atoms with Crippen LogP contribution in [0.15, 0.2) is 23.3 Å². The number of carbonyl (C=O) groups is 1. The summed E-state index contributed by atoms with van der Waals surface area (Å²) in [6.07, 6.45) is 7.40. The first-order valence-electron chi connectivity index (χ1n) is 14.2. The predicted octanol–water partition coefficient (Wildman–Crippen LogP) is 5.04. The number of carbonyl (C=O) groups excluding carboxylic acids is 1. The summed E-state index contributed by atoms with van der Waals surface area (Å²) in [7, 11) is 1.47. The number of aliphatic hydroxyl groups is 3. The Bertz CT molecular complexity index is 1010. The fourth-order valence-electron chi connectivity index (χ4n) is 10.4. The summed E-state index contributed by atoms with van der Waals surface area (Å²) in [6, 6.07) is 0. The number of hydrogen-bond donors (Lipinski definition) is 3. The number of hydrogen-bond acceptors (Lipinski definition) is 5. The van der Waals surface area contributed by atoms with E-state index in [4.69, 9.17) is 4.74 Å². The van der Waals surface area contributed by atoms with E-state index in [1.807, 2.05) is 0 Å². The summed E-state index contributed by atoms with van der Waals surface area (Å²) in [4.78, 5) is 13.4. The van der Waals surface area contributed by atoms with Crippen LogP contribution in [0.4, 0.5) is 0 Å². The molecule has 0 aromatic carbocycles. The van der Waals surface area contributed by atoms with Crippen molar-refractivity contribution in [3.63, 3.8) is 0 Å². The van der Waals surface area contributed by atoms with Gasteiger partial charge in [0.05, 0.1) is 30.8 Å². The van der Waals surface area contributed by atoms with E-state index < -0.39 is 23.0 Å². The third-order valence-electron chi connectivity index (χ3n) is 13.1. The van der Waals surface area contributed by atoms with Gasteiger partial charge in [-0.15, -0.1) is 0 Å². The van der Waals surface area contributed by atoms with Gasteiger partial charge >= 0.3 is 5.97 Å². The summed E-state index contributed by atoms with van der Waals surface area (Å²) in [5, 5.41) is 33.9. The van der Waals surface area contributed by atoms with Crippen molar-refractivity contribution in [1.29, 1.82) is 0 Å². The second-order valence-corrected chi connectivity index (χ2v) is 14.4. The Morgan fingerprint density at radius 1 is 0.944 bits per heavy atom. The summed E-state index contributed by atoms with van der Waals surface area (Å²) in [5.74, 6) is 0.160. The van der Waals surface area contributed by atoms with Gasteiger partial charge in [0.25, 0.3) is 0 Å². The van der Waals surface area contributed by atoms with E-state index in [1.165, 1.54) is 18.3 Å². The Morgan fingerprint density at radius 3 is 2.25 bits per heavy atom. The molecular weight excluding hydrogens is 452 g/mol. The number of allylic oxidation sites excluding steroid dienone is 3. The van der Waals surface area contributed by atoms with Crippen LogP contribution in [0.25, 0.3) is 0 Å². The fraction of sp³-hybridized carbons (Fsp3) is 0.839. The average molecular weight is 501 g/mol. The van der Waals surface area contributed by atoms with Crippen LogP contribution >= 0.6 is 0 Å². The number of methoxy groups -OCH3 is 1. The molecule has 0 aliphatic heterocycles. The highest BCUT2D eigenvalue weighted by molar-refractivity contribution is 5.79. The third kappa shape index (κ3) is 2.91. The lowest BCUT2D eigenvalue weighted by Gasteiger charge is -2.69. The van der Waals surface area contributed by atoms with E-state index in [9.17, 15) is 20.1 Å². The van der Waals surface area contributed by atoms with Crippen LogP contribution < -0.4 is 0 Å². The zero-order chi connectivity index (χ0) is 26.6. The maximum absolute atomic E-state index is 13.4. The molecule has 36 heavy (non-hydrogen) atoms. The molecule has 5 aliphatic rings. The quantitative estimate of drug-likeness (QED) is 0.439. The molecule has 0 bridgehead atoms. The Labute approximate surface area is 217 Å². The molecule has 0 aromatic heterocycles. The molecule has 3 N–H and O–H groups in total. The van der Waals surface area contributed by atoms with E-state index in [2.05, 4.69) is 60.6 Å². The summed E-state index contributed by atoms with van der Waals surface area (Å²) < 4.78 is 5.40. The van der Waals surface area contributed by atoms with E-state index in [1.54, 1.807) is 0 Å². The van der Waals surface area contributed by atoms with Crippen molar-refractivity contribution >= 4 is 5.97 Å². The molecule has 0 radical (unpaired) electrons. The molecule has 5 nitrogen and oxygen atoms in total. The lowest BCUT2D eigenvalue weighted by Crippen LogP contribution is -2.66. The fourth-order valence-corrected chi connectivity index (χ4v) is 10.4. The zero-order valence-electron chi connectivity index (χ0n) is 23.6. The zero-order valence-corrected chi connectivity index (χ0v) is 23.6. The van der Waals surface area contributed by atoms with Gasteiger partial charge in [-0.2, -0.15) is 0 Å². The second-order valence-electron chi connectivity index (χ2n) is 14.4. The van der Waals surface area contributed by atoms with Crippen LogP contribution in [0.2, 0.25) is 0 Å². The van der Waals surface area contributed by atoms with Crippen LogP contribution in [0, 0.1) is 50.7 Å². The molecule has 202 valence electrons. The predicted molar refractivity (Wildman–Crippen MR) is 140 cm³/mol. The number of ether oxygens (including phenoxy) is 1. The lowest BCUT2D eigenvalue weighted by molar-refractivity contribution is -0.186. The smallest absolute Gasteiger partial charge is 0.312 e. The lowest BCUT2D eigenvalue weighted by atomic mass is 9.35. The molecule has 5 rings (SSSR count). The largest absolute Gasteiger partial charge is 0.469 e. The molecule has 5 aliphatic carbocycles. The molecule has 0 amide bonds. The Balaban J connectivity index is 1.70. The standard InChI is InChI=1S/C31H48O5/c1-17-18(2)25-19-9-10-21-28(5)12-11-23(33)27(3,4)22(28)15-24(34)30(21,7)29(19,6)13-14-31(25,16-20(17)32)26(35)36-8/h9-10,17-18,20,22-25,32-34H,11-16H2,1-8H3/t17-,18-,20-,22?,23-,24-,25-,28+,29+,30-,31+/m0/s1. The highest BCUT2D eigenvalue weighted by Gasteiger charge is 2.70. The molecule has 4 fully saturated rings. The monoisotopic (exact) mass is 500 g/mol. The van der Waals surface area contributed by atoms with Gasteiger partial charge in [-0.05, 0) is 73.0 Å². The number of fused-ring (bicyclic) bond motifs is 7. The molecule has 11 atom stereocenters. The minimum atomic E-state index is -0.726. The summed E-state index contributed by atoms with van der Waals surface area (Å²) >= 11 is 0. The van der Waals surface area contributed by atoms with Crippen LogP contribution in [0.5, 0.6) is 0 Å². The van der Waals surface area contributed by atoms with Gasteiger partial charge in [0.2, 0.25) is 0 Å². The molecule has 0 aromatic rings. The molecule has 0 heterocycles. The Morgan fingerprint density at radius 2 is 1.61 bits per heavy atom. The minimum absolute atomic E-state index is 0.0286. The van der Waals surface area contributed by atoms with Crippen LogP contribution in [0.3, 0.4) is 0 Å². The van der Waals surface area contributed by atoms with Gasteiger partial charge in [0.15, 0.2) is 0 Å². The summed E-state index contributed by atoms with van der Waals surface area (Å²) in [6.45, 7) is 15.6. The van der Waals surface area contributed by atoms with E-state index in [0.29, 0.717) is 19.3 Å². The van der Waals surface area contributed by atoms with E-state index in [0.717, 1.165) is 19.3 Å². The second kappa shape index (κ2) is 7.93. The van der Waals surface area contributed by atoms with Crippen molar-refractivity contribution in [2.24, 2.45) is 50.7 Å². The van der Waals surface area contributed by atoms with Crippen molar-refractivity contribution in [3.8, 4) is 0 Å². The molecule has 0 saturated heterocycles. The van der Waals surface area contributed by atoms with E-state index in [-0.39, 0.29) is 52.0 Å². The van der Waals surface area contributed by atoms with Gasteiger partial charge < -0.3 is 20.1 Å². The van der Waals surface area contributed by atoms with Crippen molar-refractivity contribution in [1.82, 2.24) is 0 Å². The molecule has 0 spiro atoms. The molecule has 5 heteroatoms. The normalized spacial score (nSPS) is 53.6. The maximum Gasteiger partial charge on any atom is 0.312 e. The van der Waals surface area contributed by atoms with Gasteiger partial charge in [0, 0.05) is 10.8 Å². The Hall–Kier alpha value is -1.17. The number of rotatable bonds is 1. The average Bonchev–Trinajstić information content (AvgIpc) is 2.82. The minimum Gasteiger partial charge on any atom is -0.469 e. The Kier molecular flexibility index (Phi) is 5.82. The van der Waals surface area contributed by atoms with Crippen LogP contribution in [-0.2, 0) is 9.53 Å². The molecular formula is C31H48O5. The van der Waals surface area contributed by atoms with Crippen LogP contribution in [0.1, 0.15) is 87.0 Å². The summed E-state index contributed by atoms with van der Waals surface area (Å²) in [5.41, 5.74) is 0.735. The molecule has 1 unspecified atom stereocenters. The number of aliphatic hydroxyl groups excluding tert-OH is 3. The van der Waals surface area contributed by atoms with Gasteiger partial charge in [-0.1, -0.05) is 71.8 Å². The van der Waals surface area contributed by atoms with Crippen molar-refractivity contribution in [3.05, 3.63) is 23.3 Å². The van der Waals surface area contributed by atoms with Gasteiger partial charge in [-0.3, -0.25) is 4.79 Å². The van der Waals surface area contributed by atoms with Crippen molar-refractivity contribution in [2.45, 2.75) is 105 Å². The van der Waals surface area contributed by atoms with Gasteiger partial charge in [0.1, 0.15) is 0 Å². The van der Waals surface area contributed by atoms with E-state index >= 15 is 0 Å². The van der Waals surface area contributed by atoms with Gasteiger partial charge in [-0.25, -0.2) is 0 Å². The van der Waals surface area contributed by atoms with Crippen molar-refractivity contribution in [2.75, 3.05) is 7.11 Å². The SMILES string of the molecule is COC(=O)[C@@]12CC[C@]3(C)C(=CC=C4[C@@]3(C)[C@@H](O)CC3C(C)(C)[C@@H](O)CC[C@]43C)[C@@H]1[C@@H](C)[C@H](C)[C@@H](O)C2. The third-order valence-corrected chi connectivity index (χ3v) is 13.1. The highest BCUT2D eigenvalue weighted by Crippen LogP contribution is 2.74. The van der Waals surface area contributed by atoms with Crippen LogP contribution in [-0.4, -0.2) is 46.7 Å². The molecule has 4 saturated carbocycles. The first kappa shape index (κ1) is 26.4. The highest BCUT2D eigenvalue weighted by atomic mass is 16.5. The topological polar surface area (TPSA) is 87.0 Å². The maximum atomic E-state index is 13.4. The van der Waals surface area contributed by atoms with Crippen molar-refractivity contribution < 1.29 is 24.9 Å². The number of esters is 1.